The van der Waals surface area contributed by atoms with E-state index in [0.29, 0.717) is 40.3 Å². The SMILES string of the molecule is CC(=CC(=O)C[C@@H](C)[C@H]1CC[C@@]2(C)[C@@H]3CC[C@H]4C(C)(C)C(=O)CC[C@@]45C[C@@]35CC[C@]12C)C(=O)O. The Morgan fingerprint density at radius 2 is 1.62 bits per heavy atom. The molecule has 0 unspecified atom stereocenters. The lowest BCUT2D eigenvalue weighted by atomic mass is 9.42. The fourth-order valence-electron chi connectivity index (χ4n) is 10.9. The summed E-state index contributed by atoms with van der Waals surface area (Å²) in [4.78, 5) is 36.6. The van der Waals surface area contributed by atoms with E-state index in [-0.39, 0.29) is 28.1 Å². The van der Waals surface area contributed by atoms with E-state index in [1.165, 1.54) is 57.9 Å². The molecule has 0 bridgehead atoms. The van der Waals surface area contributed by atoms with Crippen molar-refractivity contribution >= 4 is 17.5 Å². The number of ketones is 2. The third-order valence-corrected chi connectivity index (χ3v) is 12.8. The largest absolute Gasteiger partial charge is 0.478 e. The lowest BCUT2D eigenvalue weighted by Crippen LogP contribution is -2.57. The molecule has 0 radical (unpaired) electrons. The Balaban J connectivity index is 1.39. The highest BCUT2D eigenvalue weighted by molar-refractivity contribution is 5.98. The number of carbonyl (C=O) groups excluding carboxylic acids is 2. The second-order valence-corrected chi connectivity index (χ2v) is 14.1. The molecule has 188 valence electrons. The smallest absolute Gasteiger partial charge is 0.331 e. The molecule has 5 rings (SSSR count). The maximum Gasteiger partial charge on any atom is 0.331 e. The molecule has 0 aliphatic heterocycles. The molecule has 4 heteroatoms. The van der Waals surface area contributed by atoms with Crippen LogP contribution in [0.1, 0.15) is 106 Å². The van der Waals surface area contributed by atoms with Crippen molar-refractivity contribution in [1.82, 2.24) is 0 Å². The molecule has 0 aromatic heterocycles. The molecule has 4 nitrogen and oxygen atoms in total. The summed E-state index contributed by atoms with van der Waals surface area (Å²) in [6.07, 6.45) is 12.4. The predicted octanol–water partition coefficient (Wildman–Crippen LogP) is 6.62. The first kappa shape index (κ1) is 24.3. The number of carboxylic acids is 1. The third kappa shape index (κ3) is 2.86. The molecule has 2 spiro atoms. The van der Waals surface area contributed by atoms with Crippen molar-refractivity contribution in [2.24, 2.45) is 50.7 Å². The van der Waals surface area contributed by atoms with Crippen molar-refractivity contribution in [3.05, 3.63) is 11.6 Å². The van der Waals surface area contributed by atoms with Gasteiger partial charge in [0, 0.05) is 23.8 Å². The minimum Gasteiger partial charge on any atom is -0.478 e. The summed E-state index contributed by atoms with van der Waals surface area (Å²) in [5.41, 5.74) is 1.32. The van der Waals surface area contributed by atoms with Crippen LogP contribution in [0.5, 0.6) is 0 Å². The topological polar surface area (TPSA) is 71.4 Å². The number of carbonyl (C=O) groups is 3. The molecule has 1 N–H and O–H groups in total. The van der Waals surface area contributed by atoms with Crippen LogP contribution in [0.3, 0.4) is 0 Å². The zero-order chi connectivity index (χ0) is 24.9. The van der Waals surface area contributed by atoms with E-state index >= 15 is 0 Å². The van der Waals surface area contributed by atoms with Gasteiger partial charge in [0.2, 0.25) is 0 Å². The molecule has 0 aromatic rings. The van der Waals surface area contributed by atoms with Crippen molar-refractivity contribution in [3.8, 4) is 0 Å². The van der Waals surface area contributed by atoms with Gasteiger partial charge in [-0.05, 0) is 110 Å². The fraction of sp³-hybridized carbons (Fsp3) is 0.833. The van der Waals surface area contributed by atoms with Crippen LogP contribution < -0.4 is 0 Å². The fourth-order valence-corrected chi connectivity index (χ4v) is 10.9. The van der Waals surface area contributed by atoms with Gasteiger partial charge < -0.3 is 5.11 Å². The average Bonchev–Trinajstić information content (AvgIpc) is 3.33. The lowest BCUT2D eigenvalue weighted by Gasteiger charge is -2.62. The van der Waals surface area contributed by atoms with Crippen LogP contribution in [0, 0.1) is 50.7 Å². The first-order valence-corrected chi connectivity index (χ1v) is 13.7. The van der Waals surface area contributed by atoms with E-state index < -0.39 is 5.97 Å². The van der Waals surface area contributed by atoms with Gasteiger partial charge in [0.1, 0.15) is 5.78 Å². The third-order valence-electron chi connectivity index (χ3n) is 12.8. The highest BCUT2D eigenvalue weighted by Crippen LogP contribution is 2.88. The van der Waals surface area contributed by atoms with Crippen LogP contribution in [0.4, 0.5) is 0 Å². The molecular weight excluding hydrogens is 424 g/mol. The van der Waals surface area contributed by atoms with Crippen LogP contribution in [0.2, 0.25) is 0 Å². The normalized spacial score (nSPS) is 47.6. The van der Waals surface area contributed by atoms with E-state index in [2.05, 4.69) is 34.6 Å². The highest BCUT2D eigenvalue weighted by atomic mass is 16.4. The lowest BCUT2D eigenvalue weighted by molar-refractivity contribution is -0.157. The summed E-state index contributed by atoms with van der Waals surface area (Å²) in [6, 6.07) is 0. The summed E-state index contributed by atoms with van der Waals surface area (Å²) in [5, 5.41) is 9.13. The molecule has 0 amide bonds. The minimum absolute atomic E-state index is 0.0485. The van der Waals surface area contributed by atoms with Crippen LogP contribution in [0.25, 0.3) is 0 Å². The summed E-state index contributed by atoms with van der Waals surface area (Å²) < 4.78 is 0. The summed E-state index contributed by atoms with van der Waals surface area (Å²) in [5.74, 6) is 1.50. The predicted molar refractivity (Wildman–Crippen MR) is 132 cm³/mol. The number of hydrogen-bond acceptors (Lipinski definition) is 3. The Labute approximate surface area is 205 Å². The summed E-state index contributed by atoms with van der Waals surface area (Å²) >= 11 is 0. The number of fused-ring (bicyclic) bond motifs is 2. The van der Waals surface area contributed by atoms with Crippen LogP contribution in [-0.2, 0) is 14.4 Å². The van der Waals surface area contributed by atoms with Gasteiger partial charge in [0.05, 0.1) is 0 Å². The number of hydrogen-bond donors (Lipinski definition) is 1. The van der Waals surface area contributed by atoms with E-state index in [1.807, 2.05) is 0 Å². The average molecular weight is 469 g/mol. The standard InChI is InChI=1S/C30H44O4/c1-18(15-20(31)16-19(2)25(33)34)21-9-11-28(6)23-8-7-22-26(3,4)24(32)10-12-29(22)17-30(23,29)14-13-27(21,28)5/h16,18,21-23H,7-15,17H2,1-6H3,(H,33,34)/t18-,21-,22+,23+,27-,28+,29-,30+/m1/s1. The molecule has 0 aromatic carbocycles. The maximum atomic E-state index is 12.8. The van der Waals surface area contributed by atoms with Crippen LogP contribution in [0.15, 0.2) is 11.6 Å². The van der Waals surface area contributed by atoms with E-state index in [0.717, 1.165) is 18.8 Å². The van der Waals surface area contributed by atoms with Gasteiger partial charge in [0.25, 0.3) is 0 Å². The molecule has 0 saturated heterocycles. The van der Waals surface area contributed by atoms with Crippen molar-refractivity contribution in [2.75, 3.05) is 0 Å². The second-order valence-electron chi connectivity index (χ2n) is 14.1. The van der Waals surface area contributed by atoms with Crippen molar-refractivity contribution in [3.63, 3.8) is 0 Å². The van der Waals surface area contributed by atoms with E-state index in [9.17, 15) is 14.4 Å². The molecule has 5 saturated carbocycles. The van der Waals surface area contributed by atoms with Gasteiger partial charge in [-0.3, -0.25) is 9.59 Å². The van der Waals surface area contributed by atoms with Gasteiger partial charge in [-0.15, -0.1) is 0 Å². The number of rotatable bonds is 5. The minimum atomic E-state index is -1.01. The number of allylic oxidation sites excluding steroid dienone is 1. The van der Waals surface area contributed by atoms with Crippen molar-refractivity contribution < 1.29 is 19.5 Å². The Hall–Kier alpha value is -1.45. The quantitative estimate of drug-likeness (QED) is 0.460. The second kappa shape index (κ2) is 7.29. The van der Waals surface area contributed by atoms with Gasteiger partial charge in [-0.1, -0.05) is 34.6 Å². The summed E-state index contributed by atoms with van der Waals surface area (Å²) in [7, 11) is 0. The van der Waals surface area contributed by atoms with Gasteiger partial charge in [-0.2, -0.15) is 0 Å². The number of carboxylic acid groups (broad SMARTS) is 1. The Kier molecular flexibility index (Phi) is 5.20. The van der Waals surface area contributed by atoms with E-state index in [1.54, 1.807) is 0 Å². The van der Waals surface area contributed by atoms with Gasteiger partial charge >= 0.3 is 5.97 Å². The van der Waals surface area contributed by atoms with Crippen molar-refractivity contribution in [2.45, 2.75) is 106 Å². The molecule has 5 aliphatic rings. The Morgan fingerprint density at radius 3 is 2.29 bits per heavy atom. The monoisotopic (exact) mass is 468 g/mol. The van der Waals surface area contributed by atoms with Crippen LogP contribution in [-0.4, -0.2) is 22.6 Å². The molecule has 8 atom stereocenters. The Morgan fingerprint density at radius 1 is 0.971 bits per heavy atom. The summed E-state index contributed by atoms with van der Waals surface area (Å²) in [6.45, 7) is 13.3. The maximum absolute atomic E-state index is 12.8. The van der Waals surface area contributed by atoms with Gasteiger partial charge in [-0.25, -0.2) is 4.79 Å². The van der Waals surface area contributed by atoms with E-state index in [4.69, 9.17) is 5.11 Å². The zero-order valence-electron chi connectivity index (χ0n) is 22.1. The highest BCUT2D eigenvalue weighted by Gasteiger charge is 2.82. The first-order chi connectivity index (χ1) is 15.8. The molecule has 5 fully saturated rings. The number of Topliss-reactive ketones (excluding diaryl/α,β-unsaturated/α-hetero) is 1. The Bertz CT molecular complexity index is 976. The molecule has 34 heavy (non-hydrogen) atoms. The first-order valence-electron chi connectivity index (χ1n) is 13.7. The molecule has 0 heterocycles. The van der Waals surface area contributed by atoms with Gasteiger partial charge in [0.15, 0.2) is 5.78 Å². The zero-order valence-corrected chi connectivity index (χ0v) is 22.1. The van der Waals surface area contributed by atoms with Crippen LogP contribution >= 0.6 is 0 Å². The molecular formula is C30H44O4. The van der Waals surface area contributed by atoms with Crippen molar-refractivity contribution in [1.29, 1.82) is 0 Å². The molecule has 5 aliphatic carbocycles. The number of aliphatic carboxylic acids is 1.